The van der Waals surface area contributed by atoms with Gasteiger partial charge >= 0.3 is 0 Å². The van der Waals surface area contributed by atoms with E-state index in [-0.39, 0.29) is 18.0 Å². The summed E-state index contributed by atoms with van der Waals surface area (Å²) in [6.45, 7) is 1.89. The quantitative estimate of drug-likeness (QED) is 0.762. The van der Waals surface area contributed by atoms with Crippen LogP contribution in [0.2, 0.25) is 0 Å². The van der Waals surface area contributed by atoms with Crippen LogP contribution in [0.3, 0.4) is 0 Å². The average Bonchev–Trinajstić information content (AvgIpc) is 2.45. The van der Waals surface area contributed by atoms with Crippen LogP contribution in [0.15, 0.2) is 29.2 Å². The van der Waals surface area contributed by atoms with E-state index in [0.717, 1.165) is 0 Å². The molecule has 116 valence electrons. The Balaban J connectivity index is 2.83. The Hall–Kier alpha value is -1.39. The molecule has 0 fully saturated rings. The zero-order valence-electron chi connectivity index (χ0n) is 12.3. The second kappa shape index (κ2) is 8.15. The Morgan fingerprint density at radius 1 is 1.29 bits per heavy atom. The lowest BCUT2D eigenvalue weighted by molar-refractivity contribution is 0.177. The van der Waals surface area contributed by atoms with E-state index in [2.05, 4.69) is 11.8 Å². The minimum absolute atomic E-state index is 0.00748. The fourth-order valence-electron chi connectivity index (χ4n) is 1.60. The van der Waals surface area contributed by atoms with Gasteiger partial charge < -0.3 is 10.2 Å². The minimum Gasteiger partial charge on any atom is -0.395 e. The zero-order chi connectivity index (χ0) is 15.9. The Labute approximate surface area is 126 Å². The van der Waals surface area contributed by atoms with Crippen molar-refractivity contribution in [1.29, 1.82) is 0 Å². The first-order valence-electron chi connectivity index (χ1n) is 6.72. The lowest BCUT2D eigenvalue weighted by Gasteiger charge is -2.17. The van der Waals surface area contributed by atoms with E-state index in [1.54, 1.807) is 19.1 Å². The van der Waals surface area contributed by atoms with Crippen molar-refractivity contribution in [2.24, 2.45) is 0 Å². The zero-order valence-corrected chi connectivity index (χ0v) is 13.1. The Bertz CT molecular complexity index is 597. The summed E-state index contributed by atoms with van der Waals surface area (Å²) in [5.74, 6) is 5.62. The van der Waals surface area contributed by atoms with Gasteiger partial charge in [0, 0.05) is 25.6 Å². The maximum absolute atomic E-state index is 12.3. The van der Waals surface area contributed by atoms with E-state index in [9.17, 15) is 13.5 Å². The number of hydrogen-bond acceptors (Lipinski definition) is 4. The number of sulfonamides is 1. The highest BCUT2D eigenvalue weighted by atomic mass is 32.2. The molecule has 0 saturated heterocycles. The highest BCUT2D eigenvalue weighted by Gasteiger charge is 2.20. The molecule has 0 aliphatic heterocycles. The second-order valence-electron chi connectivity index (χ2n) is 4.76. The first kappa shape index (κ1) is 17.7. The number of hydrogen-bond donors (Lipinski definition) is 2. The molecule has 1 rings (SSSR count). The summed E-state index contributed by atoms with van der Waals surface area (Å²) in [6.07, 6.45) is 0.245. The van der Waals surface area contributed by atoms with Gasteiger partial charge in [-0.2, -0.15) is 0 Å². The van der Waals surface area contributed by atoms with E-state index in [1.807, 2.05) is 0 Å². The average molecular weight is 311 g/mol. The van der Waals surface area contributed by atoms with Gasteiger partial charge in [-0.25, -0.2) is 12.7 Å². The lowest BCUT2D eigenvalue weighted by Crippen LogP contribution is -2.29. The van der Waals surface area contributed by atoms with Crippen LogP contribution >= 0.6 is 0 Å². The van der Waals surface area contributed by atoms with Gasteiger partial charge in [0.15, 0.2) is 0 Å². The summed E-state index contributed by atoms with van der Waals surface area (Å²) in [6, 6.07) is 6.30. The highest BCUT2D eigenvalue weighted by Crippen LogP contribution is 2.15. The maximum atomic E-state index is 12.3. The largest absolute Gasteiger partial charge is 0.395 e. The molecule has 0 aliphatic rings. The Kier molecular flexibility index (Phi) is 6.85. The molecule has 0 radical (unpaired) electrons. The molecule has 0 aromatic heterocycles. The molecule has 1 atom stereocenters. The van der Waals surface area contributed by atoms with Crippen molar-refractivity contribution in [3.05, 3.63) is 29.8 Å². The maximum Gasteiger partial charge on any atom is 0.242 e. The van der Waals surface area contributed by atoms with Crippen molar-refractivity contribution < 1.29 is 18.6 Å². The van der Waals surface area contributed by atoms with Crippen LogP contribution < -0.4 is 0 Å². The van der Waals surface area contributed by atoms with Crippen molar-refractivity contribution >= 4 is 10.0 Å². The predicted molar refractivity (Wildman–Crippen MR) is 81.1 cm³/mol. The fourth-order valence-corrected chi connectivity index (χ4v) is 2.79. The third kappa shape index (κ3) is 5.48. The molecule has 0 amide bonds. The summed E-state index contributed by atoms with van der Waals surface area (Å²) in [7, 11) is -2.05. The summed E-state index contributed by atoms with van der Waals surface area (Å²) in [4.78, 5) is 0.198. The molecule has 0 aliphatic carbocycles. The number of aliphatic hydroxyl groups is 2. The van der Waals surface area contributed by atoms with Crippen molar-refractivity contribution in [2.45, 2.75) is 30.8 Å². The molecule has 0 saturated carbocycles. The van der Waals surface area contributed by atoms with Gasteiger partial charge in [-0.1, -0.05) is 11.8 Å². The van der Waals surface area contributed by atoms with Crippen LogP contribution in [0.5, 0.6) is 0 Å². The van der Waals surface area contributed by atoms with E-state index in [4.69, 9.17) is 5.11 Å². The molecule has 1 aromatic rings. The van der Waals surface area contributed by atoms with Crippen molar-refractivity contribution in [3.63, 3.8) is 0 Å². The Morgan fingerprint density at radius 3 is 2.43 bits per heavy atom. The van der Waals surface area contributed by atoms with Crippen molar-refractivity contribution in [2.75, 3.05) is 20.2 Å². The monoisotopic (exact) mass is 311 g/mol. The molecule has 2 N–H and O–H groups in total. The molecule has 1 aromatic carbocycles. The van der Waals surface area contributed by atoms with Crippen molar-refractivity contribution in [3.8, 4) is 11.8 Å². The van der Waals surface area contributed by atoms with Gasteiger partial charge in [-0.05, 0) is 37.6 Å². The third-order valence-corrected chi connectivity index (χ3v) is 4.76. The molecule has 0 bridgehead atoms. The molecule has 0 heterocycles. The highest BCUT2D eigenvalue weighted by molar-refractivity contribution is 7.89. The molecule has 6 heteroatoms. The number of nitrogens with zero attached hydrogens (tertiary/aromatic N) is 1. The number of rotatable bonds is 6. The van der Waals surface area contributed by atoms with Crippen LogP contribution in [-0.2, 0) is 10.0 Å². The van der Waals surface area contributed by atoms with Crippen LogP contribution in [0.1, 0.15) is 25.3 Å². The minimum atomic E-state index is -3.54. The standard InChI is InChI=1S/C15H21NO4S/c1-13(18)10-11-16(2)21(19,20)15-8-6-14(7-9-15)5-3-4-12-17/h6-9,13,17-18H,4,10-12H2,1-2H3. The van der Waals surface area contributed by atoms with Crippen LogP contribution in [0.4, 0.5) is 0 Å². The Morgan fingerprint density at radius 2 is 1.90 bits per heavy atom. The fraction of sp³-hybridized carbons (Fsp3) is 0.467. The molecule has 5 nitrogen and oxygen atoms in total. The summed E-state index contributed by atoms with van der Waals surface area (Å²) in [5, 5.41) is 17.9. The summed E-state index contributed by atoms with van der Waals surface area (Å²) < 4.78 is 25.8. The smallest absolute Gasteiger partial charge is 0.242 e. The number of benzene rings is 1. The van der Waals surface area contributed by atoms with Gasteiger partial charge in [-0.3, -0.25) is 0 Å². The molecule has 1 unspecified atom stereocenters. The van der Waals surface area contributed by atoms with Crippen LogP contribution in [0.25, 0.3) is 0 Å². The first-order chi connectivity index (χ1) is 9.87. The topological polar surface area (TPSA) is 77.8 Å². The van der Waals surface area contributed by atoms with E-state index in [1.165, 1.54) is 23.5 Å². The first-order valence-corrected chi connectivity index (χ1v) is 8.16. The SMILES string of the molecule is CC(O)CCN(C)S(=O)(=O)c1ccc(C#CCCO)cc1. The summed E-state index contributed by atoms with van der Waals surface area (Å²) >= 11 is 0. The van der Waals surface area contributed by atoms with Gasteiger partial charge in [0.05, 0.1) is 17.6 Å². The molecular formula is C15H21NO4S. The van der Waals surface area contributed by atoms with Gasteiger partial charge in [0.1, 0.15) is 0 Å². The second-order valence-corrected chi connectivity index (χ2v) is 6.81. The molecule has 21 heavy (non-hydrogen) atoms. The predicted octanol–water partition coefficient (Wildman–Crippen LogP) is 0.812. The lowest BCUT2D eigenvalue weighted by atomic mass is 10.2. The summed E-state index contributed by atoms with van der Waals surface area (Å²) in [5.41, 5.74) is 0.703. The van der Waals surface area contributed by atoms with Crippen molar-refractivity contribution in [1.82, 2.24) is 4.31 Å². The van der Waals surface area contributed by atoms with Gasteiger partial charge in [0.2, 0.25) is 10.0 Å². The van der Waals surface area contributed by atoms with Crippen LogP contribution in [0, 0.1) is 11.8 Å². The number of aliphatic hydroxyl groups excluding tert-OH is 2. The normalized spacial score (nSPS) is 12.8. The van der Waals surface area contributed by atoms with E-state index in [0.29, 0.717) is 18.4 Å². The molecule has 0 spiro atoms. The third-order valence-electron chi connectivity index (χ3n) is 2.89. The van der Waals surface area contributed by atoms with E-state index >= 15 is 0 Å². The van der Waals surface area contributed by atoms with Gasteiger partial charge in [-0.15, -0.1) is 0 Å². The van der Waals surface area contributed by atoms with Gasteiger partial charge in [0.25, 0.3) is 0 Å². The van der Waals surface area contributed by atoms with Crippen LogP contribution in [-0.4, -0.2) is 49.2 Å². The molecular weight excluding hydrogens is 290 g/mol. The van der Waals surface area contributed by atoms with E-state index < -0.39 is 16.1 Å².